The second-order valence-electron chi connectivity index (χ2n) is 5.83. The van der Waals surface area contributed by atoms with Crippen molar-refractivity contribution in [3.8, 4) is 0 Å². The largest absolute Gasteiger partial charge is 0.465 e. The van der Waals surface area contributed by atoms with Gasteiger partial charge in [0, 0.05) is 6.07 Å². The van der Waals surface area contributed by atoms with Crippen LogP contribution in [0.2, 0.25) is 0 Å². The smallest absolute Gasteiger partial charge is 0.339 e. The number of amidine groups is 1. The van der Waals surface area contributed by atoms with Crippen LogP contribution >= 0.6 is 11.6 Å². The van der Waals surface area contributed by atoms with Crippen LogP contribution in [0.1, 0.15) is 18.2 Å². The van der Waals surface area contributed by atoms with E-state index in [9.17, 15) is 18.0 Å². The fourth-order valence-corrected chi connectivity index (χ4v) is 3.11. The van der Waals surface area contributed by atoms with Crippen LogP contribution in [0.5, 0.6) is 0 Å². The van der Waals surface area contributed by atoms with E-state index in [0.717, 1.165) is 6.20 Å². The van der Waals surface area contributed by atoms with E-state index in [1.54, 1.807) is 0 Å². The first-order valence-electron chi connectivity index (χ1n) is 7.69. The lowest BCUT2D eigenvalue weighted by Gasteiger charge is -2.33. The Kier molecular flexibility index (Phi) is 4.93. The summed E-state index contributed by atoms with van der Waals surface area (Å²) in [7, 11) is 1.17. The number of nitrogens with one attached hydrogen (secondary N) is 1. The van der Waals surface area contributed by atoms with Crippen molar-refractivity contribution in [3.63, 3.8) is 0 Å². The Morgan fingerprint density at radius 2 is 1.85 bits per heavy atom. The Morgan fingerprint density at radius 1 is 1.19 bits per heavy atom. The van der Waals surface area contributed by atoms with E-state index in [-0.39, 0.29) is 22.3 Å². The number of esters is 1. The van der Waals surface area contributed by atoms with Gasteiger partial charge < -0.3 is 10.1 Å². The maximum atomic E-state index is 14.2. The van der Waals surface area contributed by atoms with Gasteiger partial charge in [-0.25, -0.2) is 27.9 Å². The Bertz CT molecular complexity index is 976. The van der Waals surface area contributed by atoms with Crippen molar-refractivity contribution in [2.24, 2.45) is 4.99 Å². The number of rotatable bonds is 3. The summed E-state index contributed by atoms with van der Waals surface area (Å²) in [5.74, 6) is -3.19. The maximum absolute atomic E-state index is 14.2. The van der Waals surface area contributed by atoms with Crippen LogP contribution < -0.4 is 5.32 Å². The van der Waals surface area contributed by atoms with Crippen LogP contribution in [-0.4, -0.2) is 23.9 Å². The Morgan fingerprint density at radius 3 is 2.44 bits per heavy atom. The standard InChI is InChI=1S/C18H13ClF3N3O2/c1-18(9-3-5-10(20)6-4-9)13(17(26)27-2)15(19)24-16(25-18)14-12(22)7-11(21)8-23-14/h3-8H,1-2H3,(H,24,25). The van der Waals surface area contributed by atoms with Crippen LogP contribution in [-0.2, 0) is 15.1 Å². The zero-order valence-corrected chi connectivity index (χ0v) is 14.9. The molecule has 2 heterocycles. The molecule has 2 aromatic rings. The topological polar surface area (TPSA) is 63.6 Å². The van der Waals surface area contributed by atoms with Gasteiger partial charge in [0.2, 0.25) is 0 Å². The molecule has 27 heavy (non-hydrogen) atoms. The molecule has 140 valence electrons. The van der Waals surface area contributed by atoms with Gasteiger partial charge in [0.15, 0.2) is 11.7 Å². The number of benzene rings is 1. The van der Waals surface area contributed by atoms with E-state index in [0.29, 0.717) is 11.6 Å². The molecule has 1 aliphatic rings. The minimum Gasteiger partial charge on any atom is -0.465 e. The van der Waals surface area contributed by atoms with Gasteiger partial charge in [0.25, 0.3) is 0 Å². The molecule has 3 rings (SSSR count). The molecular formula is C18H13ClF3N3O2. The average Bonchev–Trinajstić information content (AvgIpc) is 2.61. The molecule has 0 bridgehead atoms. The van der Waals surface area contributed by atoms with E-state index >= 15 is 0 Å². The first kappa shape index (κ1) is 18.9. The number of hydrogen-bond donors (Lipinski definition) is 1. The highest BCUT2D eigenvalue weighted by atomic mass is 35.5. The third-order valence-corrected chi connectivity index (χ3v) is 4.38. The Hall–Kier alpha value is -2.87. The van der Waals surface area contributed by atoms with Crippen molar-refractivity contribution in [1.29, 1.82) is 0 Å². The summed E-state index contributed by atoms with van der Waals surface area (Å²) in [6.45, 7) is 1.54. The van der Waals surface area contributed by atoms with E-state index in [2.05, 4.69) is 15.3 Å². The lowest BCUT2D eigenvalue weighted by molar-refractivity contribution is -0.136. The lowest BCUT2D eigenvalue weighted by atomic mass is 9.84. The van der Waals surface area contributed by atoms with Gasteiger partial charge in [-0.15, -0.1) is 0 Å². The van der Waals surface area contributed by atoms with Crippen LogP contribution in [0.25, 0.3) is 0 Å². The van der Waals surface area contributed by atoms with Crippen LogP contribution in [0, 0.1) is 17.5 Å². The molecule has 0 saturated heterocycles. The highest BCUT2D eigenvalue weighted by Crippen LogP contribution is 2.39. The zero-order chi connectivity index (χ0) is 19.8. The number of carbonyl (C=O) groups is 1. The van der Waals surface area contributed by atoms with Crippen LogP contribution in [0.15, 0.2) is 52.3 Å². The Labute approximate surface area is 157 Å². The number of aliphatic imine (C=N–C) groups is 1. The van der Waals surface area contributed by atoms with Gasteiger partial charge in [-0.3, -0.25) is 0 Å². The average molecular weight is 396 g/mol. The summed E-state index contributed by atoms with van der Waals surface area (Å²) in [6, 6.07) is 5.87. The second kappa shape index (κ2) is 7.03. The van der Waals surface area contributed by atoms with Crippen molar-refractivity contribution < 1.29 is 22.7 Å². The number of carbonyl (C=O) groups excluding carboxylic acids is 1. The molecule has 1 unspecified atom stereocenters. The summed E-state index contributed by atoms with van der Waals surface area (Å²) in [6.07, 6.45) is 0.825. The first-order valence-corrected chi connectivity index (χ1v) is 8.07. The number of methoxy groups -OCH3 is 1. The Balaban J connectivity index is 2.21. The molecular weight excluding hydrogens is 383 g/mol. The molecule has 1 atom stereocenters. The summed E-state index contributed by atoms with van der Waals surface area (Å²) in [5.41, 5.74) is -1.36. The summed E-state index contributed by atoms with van der Waals surface area (Å²) >= 11 is 6.24. The van der Waals surface area contributed by atoms with Gasteiger partial charge in [-0.05, 0) is 24.6 Å². The minimum absolute atomic E-state index is 0.0513. The summed E-state index contributed by atoms with van der Waals surface area (Å²) in [4.78, 5) is 20.4. The van der Waals surface area contributed by atoms with E-state index < -0.39 is 29.0 Å². The highest BCUT2D eigenvalue weighted by Gasteiger charge is 2.42. The third kappa shape index (κ3) is 3.40. The molecule has 0 saturated carbocycles. The van der Waals surface area contributed by atoms with E-state index in [4.69, 9.17) is 16.3 Å². The quantitative estimate of drug-likeness (QED) is 0.639. The van der Waals surface area contributed by atoms with Crippen molar-refractivity contribution in [3.05, 3.63) is 76.0 Å². The van der Waals surface area contributed by atoms with Crippen LogP contribution in [0.3, 0.4) is 0 Å². The number of ether oxygens (including phenoxy) is 1. The lowest BCUT2D eigenvalue weighted by Crippen LogP contribution is -2.40. The first-order chi connectivity index (χ1) is 12.8. The van der Waals surface area contributed by atoms with Gasteiger partial charge in [0.05, 0.1) is 13.3 Å². The van der Waals surface area contributed by atoms with Gasteiger partial charge in [-0.2, -0.15) is 0 Å². The van der Waals surface area contributed by atoms with Gasteiger partial charge >= 0.3 is 5.97 Å². The number of pyridine rings is 1. The van der Waals surface area contributed by atoms with Crippen molar-refractivity contribution >= 4 is 23.4 Å². The molecule has 9 heteroatoms. The zero-order valence-electron chi connectivity index (χ0n) is 14.2. The molecule has 1 N–H and O–H groups in total. The van der Waals surface area contributed by atoms with Crippen molar-refractivity contribution in [1.82, 2.24) is 10.3 Å². The normalized spacial score (nSPS) is 19.4. The second-order valence-corrected chi connectivity index (χ2v) is 6.21. The van der Waals surface area contributed by atoms with Crippen LogP contribution in [0.4, 0.5) is 13.2 Å². The molecule has 0 spiro atoms. The van der Waals surface area contributed by atoms with Crippen molar-refractivity contribution in [2.45, 2.75) is 12.5 Å². The maximum Gasteiger partial charge on any atom is 0.339 e. The van der Waals surface area contributed by atoms with Gasteiger partial charge in [-0.1, -0.05) is 23.7 Å². The van der Waals surface area contributed by atoms with E-state index in [1.807, 2.05) is 0 Å². The molecule has 5 nitrogen and oxygen atoms in total. The number of hydrogen-bond acceptors (Lipinski definition) is 5. The third-order valence-electron chi connectivity index (χ3n) is 4.10. The molecule has 1 aliphatic heterocycles. The monoisotopic (exact) mass is 395 g/mol. The summed E-state index contributed by atoms with van der Waals surface area (Å²) in [5, 5.41) is 2.43. The molecule has 1 aromatic heterocycles. The number of aromatic nitrogens is 1. The highest BCUT2D eigenvalue weighted by molar-refractivity contribution is 6.33. The predicted molar refractivity (Wildman–Crippen MR) is 92.5 cm³/mol. The number of nitrogens with zero attached hydrogens (tertiary/aromatic N) is 2. The predicted octanol–water partition coefficient (Wildman–Crippen LogP) is 3.39. The summed E-state index contributed by atoms with van der Waals surface area (Å²) < 4.78 is 45.4. The molecule has 0 fully saturated rings. The fraction of sp³-hybridized carbons (Fsp3) is 0.167. The number of halogens is 4. The molecule has 0 amide bonds. The molecule has 0 radical (unpaired) electrons. The van der Waals surface area contributed by atoms with Gasteiger partial charge in [0.1, 0.15) is 33.6 Å². The SMILES string of the molecule is COC(=O)C1=C(Cl)NC(c2ncc(F)cc2F)=NC1(C)c1ccc(F)cc1. The fourth-order valence-electron chi connectivity index (χ4n) is 2.76. The molecule has 1 aromatic carbocycles. The van der Waals surface area contributed by atoms with E-state index in [1.165, 1.54) is 38.3 Å². The molecule has 0 aliphatic carbocycles. The minimum atomic E-state index is -1.43. The van der Waals surface area contributed by atoms with Crippen molar-refractivity contribution in [2.75, 3.05) is 7.11 Å².